The lowest BCUT2D eigenvalue weighted by molar-refractivity contribution is -0.149. The first-order chi connectivity index (χ1) is 8.28. The normalized spacial score (nSPS) is 29.3. The minimum atomic E-state index is -2.69. The maximum absolute atomic E-state index is 12.8. The highest BCUT2D eigenvalue weighted by Crippen LogP contribution is 2.55. The highest BCUT2D eigenvalue weighted by atomic mass is 31.2. The summed E-state index contributed by atoms with van der Waals surface area (Å²) in [5.41, 5.74) is -0.927. The first-order valence-electron chi connectivity index (χ1n) is 6.00. The molecule has 1 saturated heterocycles. The van der Waals surface area contributed by atoms with Crippen LogP contribution in [0, 0.1) is 0 Å². The molecule has 0 saturated carbocycles. The number of hydrogen-bond acceptors (Lipinski definition) is 4. The average Bonchev–Trinajstić information content (AvgIpc) is 2.37. The molecule has 1 heterocycles. The van der Waals surface area contributed by atoms with E-state index in [9.17, 15) is 9.36 Å². The molecule has 2 atom stereocenters. The molecule has 1 rings (SSSR count). The van der Waals surface area contributed by atoms with E-state index < -0.39 is 18.8 Å². The predicted molar refractivity (Wildman–Crippen MR) is 71.2 cm³/mol. The van der Waals surface area contributed by atoms with Crippen molar-refractivity contribution < 1.29 is 18.8 Å². The van der Waals surface area contributed by atoms with Gasteiger partial charge in [-0.1, -0.05) is 6.32 Å². The van der Waals surface area contributed by atoms with Crippen LogP contribution in [0.1, 0.15) is 20.3 Å². The van der Waals surface area contributed by atoms with Crippen molar-refractivity contribution in [3.8, 4) is 0 Å². The molecule has 2 radical (unpaired) electrons. The summed E-state index contributed by atoms with van der Waals surface area (Å²) in [6.45, 7) is 3.40. The zero-order chi connectivity index (χ0) is 14.0. The van der Waals surface area contributed by atoms with Crippen molar-refractivity contribution in [2.75, 3.05) is 26.7 Å². The lowest BCUT2D eigenvalue weighted by atomic mass is 9.98. The fourth-order valence-corrected chi connectivity index (χ4v) is 4.71. The summed E-state index contributed by atoms with van der Waals surface area (Å²) in [4.78, 5) is 11.7. The number of hydrogen-bond donors (Lipinski definition) is 0. The van der Waals surface area contributed by atoms with Gasteiger partial charge >= 0.3 is 5.97 Å². The van der Waals surface area contributed by atoms with Crippen molar-refractivity contribution in [1.29, 1.82) is 0 Å². The van der Waals surface area contributed by atoms with Crippen LogP contribution in [0.5, 0.6) is 0 Å². The van der Waals surface area contributed by atoms with E-state index in [0.29, 0.717) is 18.9 Å². The van der Waals surface area contributed by atoms with Gasteiger partial charge < -0.3 is 14.0 Å². The number of likely N-dealkylation sites (N-methyl/N-ethyl adjacent to an activating group) is 1. The molecule has 0 aromatic rings. The van der Waals surface area contributed by atoms with Crippen molar-refractivity contribution >= 4 is 21.1 Å². The Bertz CT molecular complexity index is 349. The van der Waals surface area contributed by atoms with Crippen LogP contribution >= 0.6 is 7.29 Å². The Morgan fingerprint density at radius 3 is 2.61 bits per heavy atom. The van der Waals surface area contributed by atoms with E-state index in [4.69, 9.17) is 17.3 Å². The zero-order valence-electron chi connectivity index (χ0n) is 11.5. The molecular weight excluding hydrogens is 252 g/mol. The maximum atomic E-state index is 12.8. The van der Waals surface area contributed by atoms with E-state index in [1.165, 1.54) is 7.11 Å². The lowest BCUT2D eigenvalue weighted by Gasteiger charge is -2.41. The van der Waals surface area contributed by atoms with Gasteiger partial charge in [0.25, 0.3) is 0 Å². The average molecular weight is 273 g/mol. The van der Waals surface area contributed by atoms with Crippen molar-refractivity contribution in [3.05, 3.63) is 0 Å². The third kappa shape index (κ3) is 2.98. The Morgan fingerprint density at radius 1 is 1.61 bits per heavy atom. The molecule has 1 fully saturated rings. The maximum Gasteiger partial charge on any atom is 0.326 e. The van der Waals surface area contributed by atoms with Crippen LogP contribution in [0.4, 0.5) is 0 Å². The Labute approximate surface area is 110 Å². The largest absolute Gasteiger partial charge is 0.468 e. The molecule has 102 valence electrons. The van der Waals surface area contributed by atoms with Crippen LogP contribution in [-0.2, 0) is 18.8 Å². The molecule has 7 heteroatoms. The third-order valence-electron chi connectivity index (χ3n) is 3.62. The van der Waals surface area contributed by atoms with Crippen LogP contribution < -0.4 is 0 Å². The fourth-order valence-electron chi connectivity index (χ4n) is 1.98. The Morgan fingerprint density at radius 2 is 2.22 bits per heavy atom. The van der Waals surface area contributed by atoms with E-state index in [0.717, 1.165) is 0 Å². The van der Waals surface area contributed by atoms with Crippen LogP contribution in [0.25, 0.3) is 0 Å². The minimum absolute atomic E-state index is 0.0262. The molecule has 2 unspecified atom stereocenters. The summed E-state index contributed by atoms with van der Waals surface area (Å²) < 4.78 is 24.7. The molecule has 0 bridgehead atoms. The van der Waals surface area contributed by atoms with Gasteiger partial charge in [0.05, 0.1) is 21.1 Å². The van der Waals surface area contributed by atoms with Gasteiger partial charge in [-0.25, -0.2) is 4.67 Å². The first kappa shape index (κ1) is 15.7. The van der Waals surface area contributed by atoms with Crippen molar-refractivity contribution in [1.82, 2.24) is 4.67 Å². The summed E-state index contributed by atoms with van der Waals surface area (Å²) in [6.07, 6.45) is 1.73. The van der Waals surface area contributed by atoms with Gasteiger partial charge in [0, 0.05) is 6.16 Å². The van der Waals surface area contributed by atoms with E-state index in [1.807, 2.05) is 0 Å². The SMILES string of the molecule is [B]CC1CCP(=O)(N(C)C(C)(C)C(=O)OC)CO1. The van der Waals surface area contributed by atoms with Crippen LogP contribution in [0.2, 0.25) is 6.32 Å². The van der Waals surface area contributed by atoms with Crippen LogP contribution in [0.3, 0.4) is 0 Å². The second-order valence-electron chi connectivity index (χ2n) is 5.09. The Kier molecular flexibility index (Phi) is 5.04. The molecule has 0 amide bonds. The topological polar surface area (TPSA) is 55.8 Å². The molecule has 0 aliphatic carbocycles. The summed E-state index contributed by atoms with van der Waals surface area (Å²) in [5.74, 6) is -0.402. The fraction of sp³-hybridized carbons (Fsp3) is 0.909. The molecular formula is C11H21BNO4P. The number of rotatable bonds is 4. The van der Waals surface area contributed by atoms with E-state index in [1.54, 1.807) is 25.6 Å². The highest BCUT2D eigenvalue weighted by Gasteiger charge is 2.44. The van der Waals surface area contributed by atoms with Crippen molar-refractivity contribution in [3.63, 3.8) is 0 Å². The third-order valence-corrected chi connectivity index (χ3v) is 6.72. The number of carbonyl (C=O) groups excluding carboxylic acids is 1. The number of nitrogens with zero attached hydrogens (tertiary/aromatic N) is 1. The number of esters is 1. The van der Waals surface area contributed by atoms with Gasteiger partial charge in [-0.15, -0.1) is 0 Å². The van der Waals surface area contributed by atoms with E-state index >= 15 is 0 Å². The zero-order valence-corrected chi connectivity index (χ0v) is 12.4. The monoisotopic (exact) mass is 273 g/mol. The van der Waals surface area contributed by atoms with Crippen LogP contribution in [-0.4, -0.2) is 56.8 Å². The molecule has 0 aromatic carbocycles. The van der Waals surface area contributed by atoms with Crippen molar-refractivity contribution in [2.24, 2.45) is 0 Å². The number of methoxy groups -OCH3 is 1. The summed E-state index contributed by atoms with van der Waals surface area (Å²) >= 11 is 0. The number of carbonyl (C=O) groups is 1. The van der Waals surface area contributed by atoms with Gasteiger partial charge in [0.1, 0.15) is 11.9 Å². The van der Waals surface area contributed by atoms with E-state index in [2.05, 4.69) is 0 Å². The Hall–Kier alpha value is -0.315. The quantitative estimate of drug-likeness (QED) is 0.441. The molecule has 1 aliphatic rings. The lowest BCUT2D eigenvalue weighted by Crippen LogP contribution is -2.48. The van der Waals surface area contributed by atoms with Gasteiger partial charge in [-0.05, 0) is 27.3 Å². The second kappa shape index (κ2) is 5.76. The van der Waals surface area contributed by atoms with E-state index in [-0.39, 0.29) is 12.5 Å². The summed E-state index contributed by atoms with van der Waals surface area (Å²) in [7, 11) is 5.85. The minimum Gasteiger partial charge on any atom is -0.468 e. The molecule has 0 N–H and O–H groups in total. The van der Waals surface area contributed by atoms with Gasteiger partial charge in [-0.3, -0.25) is 4.79 Å². The Balaban J connectivity index is 2.81. The number of ether oxygens (including phenoxy) is 2. The van der Waals surface area contributed by atoms with Gasteiger partial charge in [0.15, 0.2) is 7.29 Å². The second-order valence-corrected chi connectivity index (χ2v) is 8.08. The standard InChI is InChI=1S/C11H21BNO4P/c1-11(2,10(14)16-4)13(3)18(15)6-5-9(7-12)17-8-18/h9H,5-8H2,1-4H3. The van der Waals surface area contributed by atoms with Crippen LogP contribution in [0.15, 0.2) is 0 Å². The first-order valence-corrected chi connectivity index (χ1v) is 8.03. The predicted octanol–water partition coefficient (Wildman–Crippen LogP) is 1.48. The highest BCUT2D eigenvalue weighted by molar-refractivity contribution is 7.61. The molecule has 0 aromatic heterocycles. The molecule has 5 nitrogen and oxygen atoms in total. The van der Waals surface area contributed by atoms with Gasteiger partial charge in [-0.2, -0.15) is 0 Å². The smallest absolute Gasteiger partial charge is 0.326 e. The van der Waals surface area contributed by atoms with Crippen molar-refractivity contribution in [2.45, 2.75) is 38.2 Å². The molecule has 1 aliphatic heterocycles. The summed E-state index contributed by atoms with van der Waals surface area (Å²) in [5, 5.41) is 0. The molecule has 18 heavy (non-hydrogen) atoms. The van der Waals surface area contributed by atoms with Gasteiger partial charge in [0.2, 0.25) is 0 Å². The molecule has 0 spiro atoms. The summed E-state index contributed by atoms with van der Waals surface area (Å²) in [6, 6.07) is 0.